The number of aliphatic imine (C=N–C) groups is 1. The van der Waals surface area contributed by atoms with Crippen LogP contribution >= 0.6 is 0 Å². The van der Waals surface area contributed by atoms with Gasteiger partial charge in [0.05, 0.1) is 22.7 Å². The Kier molecular flexibility index (Phi) is 3.12. The number of nitro benzene ring substituents is 1. The van der Waals surface area contributed by atoms with Crippen LogP contribution in [0.3, 0.4) is 0 Å². The molecule has 1 unspecified atom stereocenters. The second-order valence-electron chi connectivity index (χ2n) is 7.00. The first kappa shape index (κ1) is 15.0. The number of hydrogen-bond acceptors (Lipinski definition) is 4. The number of nitro groups is 1. The second-order valence-corrected chi connectivity index (χ2v) is 7.00. The fourth-order valence-electron chi connectivity index (χ4n) is 3.71. The van der Waals surface area contributed by atoms with Crippen molar-refractivity contribution in [2.45, 2.75) is 38.5 Å². The molecule has 2 aromatic rings. The summed E-state index contributed by atoms with van der Waals surface area (Å²) in [6.45, 7) is 6.31. The molecule has 0 radical (unpaired) electrons. The van der Waals surface area contributed by atoms with Gasteiger partial charge in [0.1, 0.15) is 5.66 Å². The van der Waals surface area contributed by atoms with Crippen molar-refractivity contribution in [1.82, 2.24) is 4.90 Å². The zero-order chi connectivity index (χ0) is 17.1. The first-order valence-corrected chi connectivity index (χ1v) is 8.08. The number of nitrogens with zero attached hydrogens (tertiary/aromatic N) is 3. The van der Waals surface area contributed by atoms with Gasteiger partial charge in [-0.25, -0.2) is 0 Å². The predicted molar refractivity (Wildman–Crippen MR) is 93.3 cm³/mol. The molecule has 0 amide bonds. The summed E-state index contributed by atoms with van der Waals surface area (Å²) in [5.41, 5.74) is 4.49. The summed E-state index contributed by atoms with van der Waals surface area (Å²) in [5.74, 6) is 0. The van der Waals surface area contributed by atoms with Crippen LogP contribution in [-0.2, 0) is 0 Å². The number of non-ortho nitro benzene ring substituents is 1. The van der Waals surface area contributed by atoms with Crippen LogP contribution in [-0.4, -0.2) is 27.2 Å². The van der Waals surface area contributed by atoms with Crippen molar-refractivity contribution in [3.63, 3.8) is 0 Å². The van der Waals surface area contributed by atoms with E-state index in [1.807, 2.05) is 12.1 Å². The molecule has 5 nitrogen and oxygen atoms in total. The largest absolute Gasteiger partial charge is 0.269 e. The van der Waals surface area contributed by atoms with Gasteiger partial charge in [-0.1, -0.05) is 42.0 Å². The second kappa shape index (κ2) is 4.98. The van der Waals surface area contributed by atoms with Crippen LogP contribution < -0.4 is 0 Å². The Morgan fingerprint density at radius 3 is 2.25 bits per heavy atom. The van der Waals surface area contributed by atoms with Gasteiger partial charge in [0.15, 0.2) is 0 Å². The Balaban J connectivity index is 1.66. The van der Waals surface area contributed by atoms with E-state index in [1.54, 1.807) is 12.1 Å². The Bertz CT molecular complexity index is 838. The highest BCUT2D eigenvalue weighted by atomic mass is 16.6. The smallest absolute Gasteiger partial charge is 0.266 e. The molecular weight excluding hydrogens is 302 g/mol. The fraction of sp³-hybridized carbons (Fsp3) is 0.316. The molecule has 0 saturated carbocycles. The van der Waals surface area contributed by atoms with Gasteiger partial charge in [-0.2, -0.15) is 0 Å². The maximum atomic E-state index is 10.8. The standard InChI is InChI=1S/C19H19N3O2/c1-12-4-6-13(7-5-12)16-18-17(21(18)19(2,3)20-16)14-8-10-15(11-9-14)22(23)24/h4-11,17-18H,1-3H3/t17-,18-,21?/m0/s1. The maximum absolute atomic E-state index is 10.8. The molecule has 3 atom stereocenters. The van der Waals surface area contributed by atoms with Crippen molar-refractivity contribution in [2.24, 2.45) is 4.99 Å². The molecule has 0 N–H and O–H groups in total. The van der Waals surface area contributed by atoms with Gasteiger partial charge in [0, 0.05) is 12.1 Å². The van der Waals surface area contributed by atoms with Gasteiger partial charge in [-0.15, -0.1) is 0 Å². The van der Waals surface area contributed by atoms with Crippen LogP contribution in [0.2, 0.25) is 0 Å². The van der Waals surface area contributed by atoms with Crippen molar-refractivity contribution >= 4 is 11.4 Å². The highest BCUT2D eigenvalue weighted by Gasteiger charge is 2.62. The molecule has 0 aromatic heterocycles. The number of rotatable bonds is 3. The van der Waals surface area contributed by atoms with Gasteiger partial charge in [-0.3, -0.25) is 20.0 Å². The average molecular weight is 321 g/mol. The lowest BCUT2D eigenvalue weighted by Crippen LogP contribution is -2.25. The van der Waals surface area contributed by atoms with Crippen molar-refractivity contribution < 1.29 is 4.92 Å². The van der Waals surface area contributed by atoms with E-state index in [1.165, 1.54) is 5.56 Å². The zero-order valence-corrected chi connectivity index (χ0v) is 13.9. The lowest BCUT2D eigenvalue weighted by Gasteiger charge is -2.20. The number of hydrogen-bond donors (Lipinski definition) is 0. The van der Waals surface area contributed by atoms with Gasteiger partial charge >= 0.3 is 0 Å². The lowest BCUT2D eigenvalue weighted by atomic mass is 10.0. The summed E-state index contributed by atoms with van der Waals surface area (Å²) < 4.78 is 0. The van der Waals surface area contributed by atoms with Crippen molar-refractivity contribution in [1.29, 1.82) is 0 Å². The summed E-state index contributed by atoms with van der Waals surface area (Å²) in [7, 11) is 0. The monoisotopic (exact) mass is 321 g/mol. The minimum absolute atomic E-state index is 0.131. The summed E-state index contributed by atoms with van der Waals surface area (Å²) in [5, 5.41) is 10.8. The van der Waals surface area contributed by atoms with Crippen LogP contribution in [0.1, 0.15) is 36.6 Å². The molecule has 2 aromatic carbocycles. The minimum atomic E-state index is -0.360. The quantitative estimate of drug-likeness (QED) is 0.490. The van der Waals surface area contributed by atoms with E-state index < -0.39 is 0 Å². The number of benzene rings is 2. The van der Waals surface area contributed by atoms with Crippen molar-refractivity contribution in [3.8, 4) is 0 Å². The Morgan fingerprint density at radius 1 is 1.04 bits per heavy atom. The highest BCUT2D eigenvalue weighted by Crippen LogP contribution is 2.54. The molecule has 2 aliphatic rings. The maximum Gasteiger partial charge on any atom is 0.269 e. The normalized spacial score (nSPS) is 26.6. The molecule has 1 fully saturated rings. The van der Waals surface area contributed by atoms with Crippen LogP contribution in [0, 0.1) is 17.0 Å². The molecule has 122 valence electrons. The minimum Gasteiger partial charge on any atom is -0.266 e. The molecule has 0 spiro atoms. The van der Waals surface area contributed by atoms with E-state index in [-0.39, 0.29) is 28.4 Å². The van der Waals surface area contributed by atoms with Gasteiger partial charge in [0.25, 0.3) is 5.69 Å². The summed E-state index contributed by atoms with van der Waals surface area (Å²) >= 11 is 0. The van der Waals surface area contributed by atoms with Crippen LogP contribution in [0.25, 0.3) is 0 Å². The topological polar surface area (TPSA) is 58.5 Å². The molecule has 1 saturated heterocycles. The zero-order valence-electron chi connectivity index (χ0n) is 13.9. The molecular formula is C19H19N3O2. The summed E-state index contributed by atoms with van der Waals surface area (Å²) in [6, 6.07) is 15.9. The average Bonchev–Trinajstić information content (AvgIpc) is 3.24. The Morgan fingerprint density at radius 2 is 1.67 bits per heavy atom. The first-order valence-electron chi connectivity index (χ1n) is 8.08. The number of aryl methyl sites for hydroxylation is 1. The molecule has 0 aliphatic carbocycles. The number of fused-ring (bicyclic) bond motifs is 1. The Hall–Kier alpha value is -2.53. The van der Waals surface area contributed by atoms with E-state index >= 15 is 0 Å². The summed E-state index contributed by atoms with van der Waals surface area (Å²) in [6.07, 6.45) is 0. The molecule has 24 heavy (non-hydrogen) atoms. The molecule has 4 rings (SSSR count). The van der Waals surface area contributed by atoms with Crippen LogP contribution in [0.4, 0.5) is 5.69 Å². The van der Waals surface area contributed by atoms with Gasteiger partial charge in [-0.05, 0) is 31.9 Å². The van der Waals surface area contributed by atoms with Crippen molar-refractivity contribution in [3.05, 3.63) is 75.3 Å². The Labute approximate surface area is 140 Å². The van der Waals surface area contributed by atoms with Crippen LogP contribution in [0.15, 0.2) is 53.5 Å². The van der Waals surface area contributed by atoms with Gasteiger partial charge < -0.3 is 0 Å². The molecule has 5 heteroatoms. The van der Waals surface area contributed by atoms with E-state index in [0.29, 0.717) is 0 Å². The third kappa shape index (κ3) is 2.24. The van der Waals surface area contributed by atoms with Crippen LogP contribution in [0.5, 0.6) is 0 Å². The van der Waals surface area contributed by atoms with E-state index in [4.69, 9.17) is 4.99 Å². The third-order valence-electron chi connectivity index (χ3n) is 4.91. The van der Waals surface area contributed by atoms with Crippen molar-refractivity contribution in [2.75, 3.05) is 0 Å². The molecule has 2 heterocycles. The van der Waals surface area contributed by atoms with Gasteiger partial charge in [0.2, 0.25) is 0 Å². The fourth-order valence-corrected chi connectivity index (χ4v) is 3.71. The lowest BCUT2D eigenvalue weighted by molar-refractivity contribution is -0.384. The van der Waals surface area contributed by atoms with E-state index in [0.717, 1.165) is 16.8 Å². The highest BCUT2D eigenvalue weighted by molar-refractivity contribution is 6.08. The predicted octanol–water partition coefficient (Wildman–Crippen LogP) is 3.87. The summed E-state index contributed by atoms with van der Waals surface area (Å²) in [4.78, 5) is 17.7. The molecule has 0 bridgehead atoms. The first-order chi connectivity index (χ1) is 11.4. The van der Waals surface area contributed by atoms with E-state index in [9.17, 15) is 10.1 Å². The molecule has 2 aliphatic heterocycles. The SMILES string of the molecule is Cc1ccc(C2=NC(C)(C)N3[C@@H]2[C@@H]3c2ccc([N+](=O)[O-])cc2)cc1. The van der Waals surface area contributed by atoms with E-state index in [2.05, 4.69) is 49.9 Å². The third-order valence-corrected chi connectivity index (χ3v) is 4.91.